The molecule has 0 saturated carbocycles. The van der Waals surface area contributed by atoms with Crippen LogP contribution in [-0.4, -0.2) is 44.6 Å². The maximum absolute atomic E-state index is 14.8. The first-order valence-corrected chi connectivity index (χ1v) is 11.6. The number of pyridine rings is 1. The average Bonchev–Trinajstić information content (AvgIpc) is 2.79. The maximum atomic E-state index is 14.8. The van der Waals surface area contributed by atoms with Crippen molar-refractivity contribution in [1.82, 2.24) is 19.5 Å². The first kappa shape index (κ1) is 25.4. The molecule has 0 aliphatic carbocycles. The lowest BCUT2D eigenvalue weighted by atomic mass is 9.93. The molecular weight excluding hydrogens is 473 g/mol. The van der Waals surface area contributed by atoms with E-state index in [2.05, 4.69) is 15.4 Å². The van der Waals surface area contributed by atoms with Crippen molar-refractivity contribution in [3.05, 3.63) is 58.7 Å². The van der Waals surface area contributed by atoms with Gasteiger partial charge in [-0.1, -0.05) is 0 Å². The standard InChI is InChI=1S/C24H29F3N8O/c1-12-4-5-13(11-34(12)22(36)20-17(26)6-14(10-31-20)24(2,3)30)9-32-35-21(28)16-7-15(25)8-18(27)19(16)33-23(35)29/h6-8,10,12-13,29,32H,4-5,9,11,28,30H2,1-3H3/t12-,13-/m0/s1. The summed E-state index contributed by atoms with van der Waals surface area (Å²) >= 11 is 0. The number of carbonyl (C=O) groups excluding carboxylic acids is 1. The predicted molar refractivity (Wildman–Crippen MR) is 129 cm³/mol. The molecule has 0 unspecified atom stereocenters. The molecular formula is C24H29F3N8O. The molecule has 6 N–H and O–H groups in total. The number of piperidine rings is 1. The number of hydrogen-bond acceptors (Lipinski definition) is 7. The Hall–Kier alpha value is -3.67. The van der Waals surface area contributed by atoms with Crippen molar-refractivity contribution in [3.63, 3.8) is 0 Å². The highest BCUT2D eigenvalue weighted by Gasteiger charge is 2.32. The number of carbonyl (C=O) groups is 1. The Morgan fingerprint density at radius 1 is 1.22 bits per heavy atom. The van der Waals surface area contributed by atoms with Crippen LogP contribution in [0.2, 0.25) is 0 Å². The van der Waals surface area contributed by atoms with Gasteiger partial charge >= 0.3 is 0 Å². The van der Waals surface area contributed by atoms with Crippen molar-refractivity contribution in [3.8, 4) is 0 Å². The summed E-state index contributed by atoms with van der Waals surface area (Å²) in [4.78, 5) is 22.7. The van der Waals surface area contributed by atoms with Crippen LogP contribution in [0.25, 0.3) is 10.9 Å². The summed E-state index contributed by atoms with van der Waals surface area (Å²) in [5.74, 6) is -3.09. The molecule has 4 rings (SSSR count). The van der Waals surface area contributed by atoms with Crippen LogP contribution < -0.4 is 22.5 Å². The monoisotopic (exact) mass is 502 g/mol. The van der Waals surface area contributed by atoms with Gasteiger partial charge in [0.25, 0.3) is 5.91 Å². The van der Waals surface area contributed by atoms with Crippen LogP contribution in [-0.2, 0) is 5.54 Å². The van der Waals surface area contributed by atoms with E-state index in [1.807, 2.05) is 6.92 Å². The third-order valence-corrected chi connectivity index (χ3v) is 6.54. The van der Waals surface area contributed by atoms with E-state index in [9.17, 15) is 18.0 Å². The first-order valence-electron chi connectivity index (χ1n) is 11.6. The third-order valence-electron chi connectivity index (χ3n) is 6.54. The zero-order valence-electron chi connectivity index (χ0n) is 20.3. The lowest BCUT2D eigenvalue weighted by molar-refractivity contribution is 0.0556. The van der Waals surface area contributed by atoms with E-state index in [-0.39, 0.29) is 40.0 Å². The van der Waals surface area contributed by atoms with Gasteiger partial charge in [-0.2, -0.15) is 0 Å². The summed E-state index contributed by atoms with van der Waals surface area (Å²) in [6.45, 7) is 5.94. The van der Waals surface area contributed by atoms with Gasteiger partial charge in [-0.05, 0) is 57.2 Å². The molecule has 36 heavy (non-hydrogen) atoms. The number of fused-ring (bicyclic) bond motifs is 1. The van der Waals surface area contributed by atoms with Gasteiger partial charge in [0.1, 0.15) is 17.2 Å². The molecule has 1 aliphatic rings. The van der Waals surface area contributed by atoms with Gasteiger partial charge in [0, 0.05) is 42.3 Å². The van der Waals surface area contributed by atoms with Gasteiger partial charge in [-0.25, -0.2) is 27.8 Å². The number of nitrogens with one attached hydrogen (secondary N) is 2. The van der Waals surface area contributed by atoms with E-state index < -0.39 is 28.9 Å². The average molecular weight is 503 g/mol. The van der Waals surface area contributed by atoms with Crippen molar-refractivity contribution < 1.29 is 18.0 Å². The highest BCUT2D eigenvalue weighted by molar-refractivity contribution is 5.93. The van der Waals surface area contributed by atoms with Gasteiger partial charge in [0.05, 0.1) is 0 Å². The Labute approximate surface area is 205 Å². The van der Waals surface area contributed by atoms with Crippen molar-refractivity contribution in [2.45, 2.75) is 45.2 Å². The Morgan fingerprint density at radius 3 is 2.61 bits per heavy atom. The minimum Gasteiger partial charge on any atom is -0.383 e. The normalized spacial score (nSPS) is 18.5. The fourth-order valence-corrected chi connectivity index (χ4v) is 4.36. The van der Waals surface area contributed by atoms with Crippen molar-refractivity contribution in [1.29, 1.82) is 5.41 Å². The predicted octanol–water partition coefficient (Wildman–Crippen LogP) is 2.59. The van der Waals surface area contributed by atoms with Crippen molar-refractivity contribution in [2.24, 2.45) is 11.7 Å². The van der Waals surface area contributed by atoms with Gasteiger partial charge in [-0.3, -0.25) is 10.2 Å². The molecule has 1 saturated heterocycles. The Morgan fingerprint density at radius 2 is 1.94 bits per heavy atom. The Balaban J connectivity index is 1.52. The third kappa shape index (κ3) is 4.85. The molecule has 12 heteroatoms. The zero-order chi connectivity index (χ0) is 26.4. The quantitative estimate of drug-likeness (QED) is 0.423. The number of halogens is 3. The van der Waals surface area contributed by atoms with Crippen molar-refractivity contribution in [2.75, 3.05) is 24.2 Å². The first-order chi connectivity index (χ1) is 16.9. The summed E-state index contributed by atoms with van der Waals surface area (Å²) in [5, 5.41) is 8.16. The minimum atomic E-state index is -0.906. The molecule has 9 nitrogen and oxygen atoms in total. The lowest BCUT2D eigenvalue weighted by Crippen LogP contribution is -2.48. The van der Waals surface area contributed by atoms with Crippen LogP contribution in [0.1, 0.15) is 49.7 Å². The second-order valence-electron chi connectivity index (χ2n) is 9.83. The summed E-state index contributed by atoms with van der Waals surface area (Å²) in [6.07, 6.45) is 2.84. The summed E-state index contributed by atoms with van der Waals surface area (Å²) < 4.78 is 43.7. The molecule has 2 aromatic heterocycles. The maximum Gasteiger partial charge on any atom is 0.275 e. The summed E-state index contributed by atoms with van der Waals surface area (Å²) in [5.41, 5.74) is 14.0. The number of hydrogen-bond donors (Lipinski definition) is 4. The van der Waals surface area contributed by atoms with E-state index >= 15 is 0 Å². The van der Waals surface area contributed by atoms with Crippen LogP contribution in [0.3, 0.4) is 0 Å². The Bertz CT molecular complexity index is 1380. The number of aromatic nitrogens is 3. The molecule has 1 aromatic carbocycles. The molecule has 3 aromatic rings. The molecule has 0 radical (unpaired) electrons. The number of amides is 1. The molecule has 0 bridgehead atoms. The fourth-order valence-electron chi connectivity index (χ4n) is 4.36. The second kappa shape index (κ2) is 9.41. The number of rotatable bonds is 5. The van der Waals surface area contributed by atoms with E-state index in [1.165, 1.54) is 12.3 Å². The number of nitrogen functional groups attached to an aromatic ring is 1. The molecule has 0 spiro atoms. The largest absolute Gasteiger partial charge is 0.383 e. The number of nitrogens with two attached hydrogens (primary N) is 2. The van der Waals surface area contributed by atoms with Crippen LogP contribution in [0.4, 0.5) is 19.0 Å². The minimum absolute atomic E-state index is 0.0377. The number of nitrogens with zero attached hydrogens (tertiary/aromatic N) is 4. The molecule has 1 aliphatic heterocycles. The molecule has 2 atom stereocenters. The summed E-state index contributed by atoms with van der Waals surface area (Å²) in [6, 6.07) is 2.85. The van der Waals surface area contributed by atoms with E-state index in [1.54, 1.807) is 18.7 Å². The smallest absolute Gasteiger partial charge is 0.275 e. The fraction of sp³-hybridized carbons (Fsp3) is 0.417. The second-order valence-corrected chi connectivity index (χ2v) is 9.83. The van der Waals surface area contributed by atoms with Gasteiger partial charge in [0.2, 0.25) is 5.62 Å². The van der Waals surface area contributed by atoms with Crippen molar-refractivity contribution >= 4 is 22.6 Å². The number of anilines is 1. The SMILES string of the molecule is C[C@H]1CC[C@@H](CNn2c(N)c3cc(F)cc(F)c3nc2=N)CN1C(=O)c1ncc(C(C)(C)N)cc1F. The molecule has 3 heterocycles. The highest BCUT2D eigenvalue weighted by Crippen LogP contribution is 2.26. The van der Waals surface area contributed by atoms with Gasteiger partial charge < -0.3 is 21.8 Å². The topological polar surface area (TPSA) is 139 Å². The highest BCUT2D eigenvalue weighted by atomic mass is 19.1. The van der Waals surface area contributed by atoms with Gasteiger partial charge in [-0.15, -0.1) is 0 Å². The van der Waals surface area contributed by atoms with Crippen LogP contribution in [0.5, 0.6) is 0 Å². The van der Waals surface area contributed by atoms with Gasteiger partial charge in [0.15, 0.2) is 17.3 Å². The number of likely N-dealkylation sites (tertiary alicyclic amines) is 1. The zero-order valence-corrected chi connectivity index (χ0v) is 20.3. The Kier molecular flexibility index (Phi) is 6.65. The lowest BCUT2D eigenvalue weighted by Gasteiger charge is -2.38. The number of benzene rings is 1. The molecule has 192 valence electrons. The van der Waals surface area contributed by atoms with E-state index in [4.69, 9.17) is 16.9 Å². The van der Waals surface area contributed by atoms with Crippen LogP contribution in [0.15, 0.2) is 24.4 Å². The molecule has 1 fully saturated rings. The summed E-state index contributed by atoms with van der Waals surface area (Å²) in [7, 11) is 0. The molecule has 1 amide bonds. The van der Waals surface area contributed by atoms with Crippen LogP contribution in [0, 0.1) is 28.8 Å². The van der Waals surface area contributed by atoms with E-state index in [0.717, 1.165) is 17.2 Å². The van der Waals surface area contributed by atoms with E-state index in [0.29, 0.717) is 31.1 Å². The van der Waals surface area contributed by atoms with Crippen LogP contribution >= 0.6 is 0 Å².